The third kappa shape index (κ3) is 9.06. The van der Waals surface area contributed by atoms with Gasteiger partial charge in [-0.3, -0.25) is 14.4 Å². The van der Waals surface area contributed by atoms with E-state index in [0.29, 0.717) is 39.0 Å². The Labute approximate surface area is 288 Å². The van der Waals surface area contributed by atoms with Crippen LogP contribution in [-0.2, 0) is 9.59 Å². The van der Waals surface area contributed by atoms with E-state index in [1.54, 1.807) is 84.9 Å². The Morgan fingerprint density at radius 1 is 0.729 bits per heavy atom. The van der Waals surface area contributed by atoms with Crippen LogP contribution >= 0.6 is 23.4 Å². The summed E-state index contributed by atoms with van der Waals surface area (Å²) in [6.07, 6.45) is 1.53. The molecule has 3 N–H and O–H groups in total. The van der Waals surface area contributed by atoms with Crippen molar-refractivity contribution in [1.29, 1.82) is 0 Å². The molecule has 0 aliphatic rings. The average Bonchev–Trinajstić information content (AvgIpc) is 3.12. The summed E-state index contributed by atoms with van der Waals surface area (Å²) in [6.45, 7) is 0. The zero-order chi connectivity index (χ0) is 33.9. The molecule has 0 fully saturated rings. The number of carbonyl (C=O) groups excluding carboxylic acids is 3. The molecular formula is C38H32ClN3O5S. The first-order valence-electron chi connectivity index (χ1n) is 14.8. The summed E-state index contributed by atoms with van der Waals surface area (Å²) in [4.78, 5) is 41.0. The van der Waals surface area contributed by atoms with Crippen LogP contribution in [0.15, 0.2) is 138 Å². The van der Waals surface area contributed by atoms with E-state index >= 15 is 0 Å². The van der Waals surface area contributed by atoms with E-state index in [-0.39, 0.29) is 11.6 Å². The molecule has 0 spiro atoms. The topological polar surface area (TPSA) is 106 Å². The summed E-state index contributed by atoms with van der Waals surface area (Å²) < 4.78 is 10.8. The lowest BCUT2D eigenvalue weighted by Gasteiger charge is -2.18. The monoisotopic (exact) mass is 677 g/mol. The maximum Gasteiger partial charge on any atom is 0.272 e. The predicted octanol–water partition coefficient (Wildman–Crippen LogP) is 8.24. The number of ether oxygens (including phenoxy) is 2. The van der Waals surface area contributed by atoms with Gasteiger partial charge in [-0.2, -0.15) is 0 Å². The van der Waals surface area contributed by atoms with Crippen molar-refractivity contribution in [3.05, 3.63) is 155 Å². The Kier molecular flexibility index (Phi) is 11.5. The fourth-order valence-electron chi connectivity index (χ4n) is 4.64. The summed E-state index contributed by atoms with van der Waals surface area (Å²) in [5.41, 5.74) is 2.89. The van der Waals surface area contributed by atoms with Crippen LogP contribution in [0.3, 0.4) is 0 Å². The second-order valence-corrected chi connectivity index (χ2v) is 12.0. The summed E-state index contributed by atoms with van der Waals surface area (Å²) in [6, 6.07) is 37.3. The van der Waals surface area contributed by atoms with Crippen molar-refractivity contribution < 1.29 is 23.9 Å². The van der Waals surface area contributed by atoms with Crippen LogP contribution in [0.4, 0.5) is 11.4 Å². The first-order valence-corrected chi connectivity index (χ1v) is 16.1. The number of halogens is 1. The second kappa shape index (κ2) is 16.4. The van der Waals surface area contributed by atoms with Crippen molar-refractivity contribution in [2.45, 2.75) is 10.1 Å². The number of anilines is 2. The number of thioether (sulfide) groups is 1. The van der Waals surface area contributed by atoms with Crippen LogP contribution in [0.2, 0.25) is 5.02 Å². The third-order valence-electron chi connectivity index (χ3n) is 7.08. The minimum atomic E-state index is -0.553. The van der Waals surface area contributed by atoms with Gasteiger partial charge in [0, 0.05) is 32.4 Å². The number of carbonyl (C=O) groups is 3. The lowest BCUT2D eigenvalue weighted by molar-refractivity contribution is -0.116. The van der Waals surface area contributed by atoms with Crippen molar-refractivity contribution >= 4 is 58.5 Å². The van der Waals surface area contributed by atoms with Crippen LogP contribution in [0.25, 0.3) is 6.08 Å². The Bertz CT molecular complexity index is 1900. The normalized spacial score (nSPS) is 11.6. The van der Waals surface area contributed by atoms with E-state index in [9.17, 15) is 14.4 Å². The van der Waals surface area contributed by atoms with Gasteiger partial charge in [0.25, 0.3) is 11.8 Å². The van der Waals surface area contributed by atoms with Crippen molar-refractivity contribution in [3.63, 3.8) is 0 Å². The molecule has 5 rings (SSSR count). The first kappa shape index (κ1) is 33.8. The lowest BCUT2D eigenvalue weighted by atomic mass is 10.1. The average molecular weight is 678 g/mol. The molecular weight excluding hydrogens is 646 g/mol. The molecule has 242 valence electrons. The summed E-state index contributed by atoms with van der Waals surface area (Å²) in [5, 5.41) is 8.60. The van der Waals surface area contributed by atoms with Gasteiger partial charge in [-0.25, -0.2) is 0 Å². The zero-order valence-corrected chi connectivity index (χ0v) is 27.7. The summed E-state index contributed by atoms with van der Waals surface area (Å²) >= 11 is 7.39. The third-order valence-corrected chi connectivity index (χ3v) is 8.60. The standard InChI is InChI=1S/C38H32ClN3O5S/c1-46-31-19-22-34(47-2)27(23-31)24-33(42-36(43)26-11-7-4-8-12-26)37(44)40-30-17-20-32(21-18-30)48-35(25-9-5-3-6-10-25)38(45)41-29-15-13-28(39)14-16-29/h3-24,35H,1-2H3,(H,40,44)(H,41,45)(H,42,43)/b33-24-. The quantitative estimate of drug-likeness (QED) is 0.0908. The molecule has 0 aliphatic carbocycles. The van der Waals surface area contributed by atoms with Crippen LogP contribution in [0.5, 0.6) is 11.5 Å². The fourth-order valence-corrected chi connectivity index (χ4v) is 5.79. The van der Waals surface area contributed by atoms with Gasteiger partial charge >= 0.3 is 0 Å². The van der Waals surface area contributed by atoms with Crippen LogP contribution in [0, 0.1) is 0 Å². The highest BCUT2D eigenvalue weighted by atomic mass is 35.5. The van der Waals surface area contributed by atoms with E-state index in [4.69, 9.17) is 21.1 Å². The van der Waals surface area contributed by atoms with Gasteiger partial charge in [-0.05, 0) is 90.5 Å². The summed E-state index contributed by atoms with van der Waals surface area (Å²) in [7, 11) is 3.06. The number of amides is 3. The van der Waals surface area contributed by atoms with E-state index in [2.05, 4.69) is 16.0 Å². The SMILES string of the molecule is COc1ccc(OC)c(/C=C(\NC(=O)c2ccccc2)C(=O)Nc2ccc(SC(C(=O)Nc3ccc(Cl)cc3)c3ccccc3)cc2)c1. The highest BCUT2D eigenvalue weighted by Crippen LogP contribution is 2.37. The van der Waals surface area contributed by atoms with E-state index in [0.717, 1.165) is 10.5 Å². The van der Waals surface area contributed by atoms with Crippen LogP contribution < -0.4 is 25.4 Å². The van der Waals surface area contributed by atoms with Gasteiger partial charge in [0.1, 0.15) is 22.4 Å². The summed E-state index contributed by atoms with van der Waals surface area (Å²) in [5.74, 6) is -0.143. The maximum atomic E-state index is 13.6. The number of methoxy groups -OCH3 is 2. The highest BCUT2D eigenvalue weighted by Gasteiger charge is 2.23. The lowest BCUT2D eigenvalue weighted by Crippen LogP contribution is -2.30. The minimum Gasteiger partial charge on any atom is -0.497 e. The van der Waals surface area contributed by atoms with Crippen molar-refractivity contribution in [3.8, 4) is 11.5 Å². The number of rotatable bonds is 12. The van der Waals surface area contributed by atoms with Gasteiger partial charge in [0.15, 0.2) is 0 Å². The van der Waals surface area contributed by atoms with Crippen molar-refractivity contribution in [2.24, 2.45) is 0 Å². The van der Waals surface area contributed by atoms with Crippen molar-refractivity contribution in [2.75, 3.05) is 24.9 Å². The fraction of sp³-hybridized carbons (Fsp3) is 0.0789. The maximum absolute atomic E-state index is 13.6. The highest BCUT2D eigenvalue weighted by molar-refractivity contribution is 8.00. The number of hydrogen-bond acceptors (Lipinski definition) is 6. The Balaban J connectivity index is 1.36. The minimum absolute atomic E-state index is 0.00290. The molecule has 8 nitrogen and oxygen atoms in total. The molecule has 5 aromatic rings. The van der Waals surface area contributed by atoms with Gasteiger partial charge in [-0.15, -0.1) is 11.8 Å². The molecule has 0 heterocycles. The van der Waals surface area contributed by atoms with Gasteiger partial charge < -0.3 is 25.4 Å². The molecule has 1 unspecified atom stereocenters. The Morgan fingerprint density at radius 2 is 1.35 bits per heavy atom. The molecule has 0 aliphatic heterocycles. The molecule has 5 aromatic carbocycles. The Hall–Kier alpha value is -5.51. The van der Waals surface area contributed by atoms with Crippen LogP contribution in [0.1, 0.15) is 26.7 Å². The van der Waals surface area contributed by atoms with E-state index in [1.165, 1.54) is 32.1 Å². The van der Waals surface area contributed by atoms with E-state index < -0.39 is 17.1 Å². The number of benzene rings is 5. The van der Waals surface area contributed by atoms with Gasteiger partial charge in [0.05, 0.1) is 14.2 Å². The largest absolute Gasteiger partial charge is 0.497 e. The van der Waals surface area contributed by atoms with Gasteiger partial charge in [-0.1, -0.05) is 60.1 Å². The van der Waals surface area contributed by atoms with Crippen molar-refractivity contribution in [1.82, 2.24) is 5.32 Å². The molecule has 0 radical (unpaired) electrons. The molecule has 3 amide bonds. The molecule has 0 saturated carbocycles. The zero-order valence-electron chi connectivity index (χ0n) is 26.1. The predicted molar refractivity (Wildman–Crippen MR) is 192 cm³/mol. The van der Waals surface area contributed by atoms with Gasteiger partial charge in [0.2, 0.25) is 5.91 Å². The van der Waals surface area contributed by atoms with Crippen LogP contribution in [-0.4, -0.2) is 31.9 Å². The second-order valence-electron chi connectivity index (χ2n) is 10.4. The first-order chi connectivity index (χ1) is 23.3. The number of hydrogen-bond donors (Lipinski definition) is 3. The molecule has 48 heavy (non-hydrogen) atoms. The molecule has 0 saturated heterocycles. The molecule has 10 heteroatoms. The van der Waals surface area contributed by atoms with E-state index in [1.807, 2.05) is 42.5 Å². The number of nitrogens with one attached hydrogen (secondary N) is 3. The Morgan fingerprint density at radius 3 is 2.00 bits per heavy atom. The molecule has 1 atom stereocenters. The molecule has 0 aromatic heterocycles. The smallest absolute Gasteiger partial charge is 0.272 e. The molecule has 0 bridgehead atoms.